The van der Waals surface area contributed by atoms with Gasteiger partial charge in [-0.3, -0.25) is 9.69 Å². The van der Waals surface area contributed by atoms with Crippen molar-refractivity contribution in [1.29, 1.82) is 5.26 Å². The number of hydrogen-bond acceptors (Lipinski definition) is 8. The number of ether oxygens (including phenoxy) is 2. The minimum atomic E-state index is -1.77. The molecule has 1 aromatic carbocycles. The molecule has 11 heteroatoms. The van der Waals surface area contributed by atoms with Gasteiger partial charge in [-0.1, -0.05) is 30.3 Å². The fourth-order valence-electron chi connectivity index (χ4n) is 5.35. The topological polar surface area (TPSA) is 135 Å². The van der Waals surface area contributed by atoms with Crippen LogP contribution in [0.2, 0.25) is 0 Å². The van der Waals surface area contributed by atoms with Crippen LogP contribution in [-0.4, -0.2) is 94.9 Å². The van der Waals surface area contributed by atoms with Gasteiger partial charge in [0.1, 0.15) is 17.7 Å². The number of nitrogens with zero attached hydrogens (tertiary/aromatic N) is 3. The lowest BCUT2D eigenvalue weighted by molar-refractivity contribution is -0.128. The van der Waals surface area contributed by atoms with E-state index >= 15 is 0 Å². The molecule has 0 bridgehead atoms. The molecule has 1 spiro atoms. The van der Waals surface area contributed by atoms with Crippen LogP contribution in [-0.2, 0) is 20.7 Å². The Balaban J connectivity index is 1.37. The number of benzene rings is 1. The summed E-state index contributed by atoms with van der Waals surface area (Å²) in [4.78, 5) is 30.0. The van der Waals surface area contributed by atoms with Crippen LogP contribution in [0.15, 0.2) is 42.0 Å². The van der Waals surface area contributed by atoms with Crippen molar-refractivity contribution in [3.63, 3.8) is 0 Å². The van der Waals surface area contributed by atoms with Gasteiger partial charge < -0.3 is 29.7 Å². The fourth-order valence-corrected chi connectivity index (χ4v) is 5.35. The van der Waals surface area contributed by atoms with Crippen molar-refractivity contribution < 1.29 is 29.1 Å². The lowest BCUT2D eigenvalue weighted by Gasteiger charge is -2.42. The third kappa shape index (κ3) is 7.82. The van der Waals surface area contributed by atoms with Crippen molar-refractivity contribution >= 4 is 19.1 Å². The maximum absolute atomic E-state index is 13.5. The Hall–Kier alpha value is -2.91. The van der Waals surface area contributed by atoms with Gasteiger partial charge in [-0.05, 0) is 64.0 Å². The lowest BCUT2D eigenvalue weighted by atomic mass is 9.76. The van der Waals surface area contributed by atoms with Gasteiger partial charge in [-0.2, -0.15) is 5.26 Å². The highest BCUT2D eigenvalue weighted by molar-refractivity contribution is 6.43. The number of likely N-dealkylation sites (tertiary alicyclic amines) is 1. The van der Waals surface area contributed by atoms with E-state index in [1.165, 1.54) is 0 Å². The second kappa shape index (κ2) is 12.5. The summed E-state index contributed by atoms with van der Waals surface area (Å²) in [6, 6.07) is 11.3. The number of nitriles is 1. The summed E-state index contributed by atoms with van der Waals surface area (Å²) < 4.78 is 11.5. The molecule has 0 aromatic heterocycles. The quantitative estimate of drug-likeness (QED) is 0.259. The molecule has 2 saturated heterocycles. The molecule has 2 amide bonds. The summed E-state index contributed by atoms with van der Waals surface area (Å²) in [6.07, 6.45) is 4.75. The lowest BCUT2D eigenvalue weighted by Crippen LogP contribution is -2.53. The molecule has 3 N–H and O–H groups in total. The van der Waals surface area contributed by atoms with Crippen molar-refractivity contribution in [2.75, 3.05) is 32.8 Å². The Labute approximate surface area is 230 Å². The molecule has 210 valence electrons. The van der Waals surface area contributed by atoms with Crippen LogP contribution in [0.25, 0.3) is 0 Å². The van der Waals surface area contributed by atoms with Gasteiger partial charge in [-0.25, -0.2) is 4.79 Å². The van der Waals surface area contributed by atoms with Crippen molar-refractivity contribution in [3.05, 3.63) is 47.5 Å². The molecule has 0 radical (unpaired) electrons. The van der Waals surface area contributed by atoms with Gasteiger partial charge in [0.25, 0.3) is 5.91 Å². The number of hydrogen-bond donors (Lipinski definition) is 3. The molecule has 2 atom stereocenters. The van der Waals surface area contributed by atoms with E-state index in [9.17, 15) is 24.9 Å². The van der Waals surface area contributed by atoms with Crippen molar-refractivity contribution in [3.8, 4) is 6.07 Å². The van der Waals surface area contributed by atoms with E-state index in [1.54, 1.807) is 11.0 Å². The molecule has 10 nitrogen and oxygen atoms in total. The number of nitrogens with one attached hydrogen (secondary N) is 1. The highest BCUT2D eigenvalue weighted by Gasteiger charge is 2.49. The monoisotopic (exact) mass is 538 g/mol. The minimum absolute atomic E-state index is 0.0672. The predicted octanol–water partition coefficient (Wildman–Crippen LogP) is 1.81. The minimum Gasteiger partial charge on any atom is -0.444 e. The van der Waals surface area contributed by atoms with Crippen molar-refractivity contribution in [1.82, 2.24) is 15.1 Å². The predicted molar refractivity (Wildman–Crippen MR) is 145 cm³/mol. The second-order valence-corrected chi connectivity index (χ2v) is 11.4. The zero-order valence-electron chi connectivity index (χ0n) is 22.8. The van der Waals surface area contributed by atoms with E-state index in [0.29, 0.717) is 19.6 Å². The first-order valence-electron chi connectivity index (χ1n) is 13.8. The number of carbonyl (C=O) groups excluding carboxylic acids is 2. The smallest absolute Gasteiger partial charge is 0.444 e. The van der Waals surface area contributed by atoms with Crippen molar-refractivity contribution in [2.45, 2.75) is 75.6 Å². The number of amides is 2. The molecule has 1 aromatic rings. The van der Waals surface area contributed by atoms with Gasteiger partial charge in [-0.15, -0.1) is 0 Å². The van der Waals surface area contributed by atoms with E-state index in [4.69, 9.17) is 9.47 Å². The second-order valence-electron chi connectivity index (χ2n) is 11.4. The van der Waals surface area contributed by atoms with E-state index in [2.05, 4.69) is 16.3 Å². The first kappa shape index (κ1) is 29.1. The molecule has 1 saturated carbocycles. The third-order valence-corrected chi connectivity index (χ3v) is 7.87. The van der Waals surface area contributed by atoms with Crippen LogP contribution in [0, 0.1) is 11.3 Å². The van der Waals surface area contributed by atoms with E-state index in [-0.39, 0.29) is 30.0 Å². The van der Waals surface area contributed by atoms with Gasteiger partial charge in [0.05, 0.1) is 24.7 Å². The van der Waals surface area contributed by atoms with Gasteiger partial charge >= 0.3 is 13.2 Å². The normalized spacial score (nSPS) is 22.4. The molecule has 3 fully saturated rings. The summed E-state index contributed by atoms with van der Waals surface area (Å²) >= 11 is 0. The summed E-state index contributed by atoms with van der Waals surface area (Å²) in [7, 11) is -1.77. The standard InChI is InChI=1S/C28H39BN4O6/c1-27(2,33-14-15-38-28(20-33)11-12-28)17-22(18-30)25(34)32-13-7-6-10-23(19-32)39-26(35)31-24(29(36)37)16-21-8-4-3-5-9-21/h3-5,8-9,17,23-24,36-37H,6-7,10-16,19-20H2,1-2H3,(H,31,35)/t23-,24?/m1/s1. The first-order chi connectivity index (χ1) is 18.6. The molecule has 2 aliphatic heterocycles. The SMILES string of the molecule is CC(C)(C=C(C#N)C(=O)N1CCCC[C@@H](OC(=O)NC(Cc2ccccc2)B(O)O)C1)N1CCOC2(CC2)C1. The maximum Gasteiger partial charge on any atom is 0.475 e. The van der Waals surface area contributed by atoms with Crippen molar-refractivity contribution in [2.24, 2.45) is 0 Å². The van der Waals surface area contributed by atoms with E-state index < -0.39 is 30.8 Å². The van der Waals surface area contributed by atoms with Crippen LogP contribution in [0.3, 0.4) is 0 Å². The average Bonchev–Trinajstić information content (AvgIpc) is 3.70. The zero-order valence-corrected chi connectivity index (χ0v) is 22.8. The Morgan fingerprint density at radius 3 is 2.69 bits per heavy atom. The highest BCUT2D eigenvalue weighted by Crippen LogP contribution is 2.43. The highest BCUT2D eigenvalue weighted by atomic mass is 16.6. The van der Waals surface area contributed by atoms with Crippen LogP contribution in [0.4, 0.5) is 4.79 Å². The molecular formula is C28H39BN4O6. The number of rotatable bonds is 8. The Morgan fingerprint density at radius 1 is 1.28 bits per heavy atom. The molecule has 4 rings (SSSR count). The zero-order chi connectivity index (χ0) is 28.0. The van der Waals surface area contributed by atoms with Crippen LogP contribution in [0.5, 0.6) is 0 Å². The molecular weight excluding hydrogens is 499 g/mol. The van der Waals surface area contributed by atoms with Crippen LogP contribution in [0.1, 0.15) is 51.5 Å². The van der Waals surface area contributed by atoms with Gasteiger partial charge in [0.15, 0.2) is 0 Å². The molecule has 3 aliphatic rings. The van der Waals surface area contributed by atoms with Crippen LogP contribution < -0.4 is 5.32 Å². The first-order valence-corrected chi connectivity index (χ1v) is 13.8. The summed E-state index contributed by atoms with van der Waals surface area (Å²) in [5, 5.41) is 32.0. The molecule has 1 aliphatic carbocycles. The molecule has 39 heavy (non-hydrogen) atoms. The third-order valence-electron chi connectivity index (χ3n) is 7.87. The fraction of sp³-hybridized carbons (Fsp3) is 0.607. The van der Waals surface area contributed by atoms with E-state index in [1.807, 2.05) is 44.2 Å². The Kier molecular flexibility index (Phi) is 9.33. The summed E-state index contributed by atoms with van der Waals surface area (Å²) in [5.74, 6) is -1.32. The Morgan fingerprint density at radius 2 is 2.03 bits per heavy atom. The van der Waals surface area contributed by atoms with Gasteiger partial charge in [0.2, 0.25) is 0 Å². The molecule has 1 unspecified atom stereocenters. The van der Waals surface area contributed by atoms with E-state index in [0.717, 1.165) is 44.3 Å². The maximum atomic E-state index is 13.5. The molecule has 2 heterocycles. The number of morpholine rings is 1. The largest absolute Gasteiger partial charge is 0.475 e. The number of carbonyl (C=O) groups is 2. The van der Waals surface area contributed by atoms with Crippen LogP contribution >= 0.6 is 0 Å². The Bertz CT molecular complexity index is 1090. The number of alkyl carbamates (subject to hydrolysis) is 1. The van der Waals surface area contributed by atoms with Gasteiger partial charge in [0, 0.05) is 25.2 Å². The average molecular weight is 538 g/mol. The summed E-state index contributed by atoms with van der Waals surface area (Å²) in [6.45, 7) is 6.81. The summed E-state index contributed by atoms with van der Waals surface area (Å²) in [5.41, 5.74) is 0.348.